The highest BCUT2D eigenvalue weighted by molar-refractivity contribution is 5.58. The summed E-state index contributed by atoms with van der Waals surface area (Å²) < 4.78 is 0. The minimum atomic E-state index is -0.662. The molecule has 0 aliphatic rings. The van der Waals surface area contributed by atoms with E-state index in [0.717, 1.165) is 6.29 Å². The molecule has 0 heterocycles. The van der Waals surface area contributed by atoms with Crippen LogP contribution in [0.25, 0.3) is 0 Å². The zero-order chi connectivity index (χ0) is 5.86. The van der Waals surface area contributed by atoms with E-state index in [1.165, 1.54) is 6.92 Å². The average Bonchev–Trinajstić information content (AvgIpc) is 1.65. The lowest BCUT2D eigenvalue weighted by Gasteiger charge is -2.00. The van der Waals surface area contributed by atoms with Gasteiger partial charge in [0.25, 0.3) is 0 Å². The van der Waals surface area contributed by atoms with E-state index in [4.69, 9.17) is 15.6 Å². The Hall–Kier alpha value is -0.410. The van der Waals surface area contributed by atoms with Gasteiger partial charge in [0.1, 0.15) is 6.04 Å². The molecule has 7 heavy (non-hydrogen) atoms. The van der Waals surface area contributed by atoms with Crippen molar-refractivity contribution in [3.63, 3.8) is 0 Å². The van der Waals surface area contributed by atoms with Gasteiger partial charge in [0.05, 0.1) is 6.10 Å². The Morgan fingerprint density at radius 1 is 1.86 bits per heavy atom. The summed E-state index contributed by atoms with van der Waals surface area (Å²) in [7, 11) is 0. The molecule has 0 aliphatic carbocycles. The highest BCUT2D eigenvalue weighted by Crippen LogP contribution is 1.80. The molecule has 0 aromatic carbocycles. The van der Waals surface area contributed by atoms with E-state index < -0.39 is 12.1 Å². The van der Waals surface area contributed by atoms with E-state index in [2.05, 4.69) is 0 Å². The van der Waals surface area contributed by atoms with Crippen LogP contribution in [0.3, 0.4) is 0 Å². The van der Waals surface area contributed by atoms with E-state index in [0.29, 0.717) is 0 Å². The largest absolute Gasteiger partial charge is 0.391 e. The minimum Gasteiger partial charge on any atom is -0.391 e. The molecule has 0 aromatic heterocycles. The molecule has 0 amide bonds. The Balaban J connectivity index is 3.33. The fourth-order valence-electron chi connectivity index (χ4n) is 0.125. The third-order valence-corrected chi connectivity index (χ3v) is 0.729. The molecule has 0 saturated heterocycles. The highest BCUT2D eigenvalue weighted by atomic mass is 16.3. The summed E-state index contributed by atoms with van der Waals surface area (Å²) >= 11 is 0. The van der Waals surface area contributed by atoms with E-state index in [1.807, 2.05) is 0 Å². The first-order valence-electron chi connectivity index (χ1n) is 2.09. The number of nitrogens with two attached hydrogens (primary N) is 1. The van der Waals surface area contributed by atoms with Crippen LogP contribution >= 0.6 is 0 Å². The third kappa shape index (κ3) is 2.31. The molecule has 4 N–H and O–H groups in total. The topological polar surface area (TPSA) is 67.7 Å². The first kappa shape index (κ1) is 6.59. The summed E-state index contributed by atoms with van der Waals surface area (Å²) in [5, 5.41) is 8.50. The smallest absolute Gasteiger partial charge is 0.301 e. The lowest BCUT2D eigenvalue weighted by molar-refractivity contribution is 0.185. The van der Waals surface area contributed by atoms with Gasteiger partial charge in [0, 0.05) is 0 Å². The molecule has 0 fully saturated rings. The summed E-state index contributed by atoms with van der Waals surface area (Å²) in [6, 6.07) is -0.611. The van der Waals surface area contributed by atoms with Crippen molar-refractivity contribution in [1.29, 1.82) is 0 Å². The number of hydrogen-bond acceptors (Lipinski definition) is 2. The van der Waals surface area contributed by atoms with Gasteiger partial charge in [-0.05, 0) is 6.92 Å². The van der Waals surface area contributed by atoms with Crippen LogP contribution in [-0.4, -0.2) is 28.3 Å². The lowest BCUT2D eigenvalue weighted by atomic mass is 10.2. The van der Waals surface area contributed by atoms with Gasteiger partial charge >= 0.3 is 6.29 Å². The van der Waals surface area contributed by atoms with Crippen molar-refractivity contribution in [3.8, 4) is 0 Å². The molecule has 2 atom stereocenters. The maximum Gasteiger partial charge on any atom is 0.301 e. The van der Waals surface area contributed by atoms with Crippen molar-refractivity contribution >= 4 is 6.29 Å². The molecule has 42 valence electrons. The van der Waals surface area contributed by atoms with Crippen molar-refractivity contribution in [2.75, 3.05) is 0 Å². The van der Waals surface area contributed by atoms with E-state index in [9.17, 15) is 0 Å². The first-order valence-corrected chi connectivity index (χ1v) is 2.09. The summed E-state index contributed by atoms with van der Waals surface area (Å²) in [5.41, 5.74) is 5.06. The fourth-order valence-corrected chi connectivity index (χ4v) is 0.125. The average molecular weight is 104 g/mol. The van der Waals surface area contributed by atoms with Crippen LogP contribution in [0.2, 0.25) is 0 Å². The van der Waals surface area contributed by atoms with Gasteiger partial charge < -0.3 is 10.8 Å². The van der Waals surface area contributed by atoms with Crippen LogP contribution in [0.1, 0.15) is 6.92 Å². The Bertz CT molecular complexity index is 62.7. The second-order valence-electron chi connectivity index (χ2n) is 1.47. The molecule has 0 saturated carbocycles. The maximum atomic E-state index is 8.50. The van der Waals surface area contributed by atoms with Crippen LogP contribution in [-0.2, 0) is 0 Å². The number of rotatable bonds is 2. The first-order chi connectivity index (χ1) is 3.18. The number of carbonyl (C=O) groups excluding carboxylic acids is 1. The van der Waals surface area contributed by atoms with Gasteiger partial charge in [0.15, 0.2) is 0 Å². The molecule has 3 nitrogen and oxygen atoms in total. The quantitative estimate of drug-likeness (QED) is 0.344. The lowest BCUT2D eigenvalue weighted by Crippen LogP contribution is -2.33. The van der Waals surface area contributed by atoms with Gasteiger partial charge in [-0.3, -0.25) is 4.79 Å². The summed E-state index contributed by atoms with van der Waals surface area (Å²) in [6.07, 6.45) is 0.106. The number of aliphatic hydroxyl groups is 1. The van der Waals surface area contributed by atoms with Crippen LogP contribution in [0.5, 0.6) is 0 Å². The number of aldehydes is 1. The minimum absolute atomic E-state index is 0.611. The molecule has 0 unspecified atom stereocenters. The predicted molar refractivity (Wildman–Crippen MR) is 27.7 cm³/mol. The molecule has 0 rings (SSSR count). The van der Waals surface area contributed by atoms with Crippen molar-refractivity contribution in [2.45, 2.75) is 19.1 Å². The van der Waals surface area contributed by atoms with Crippen LogP contribution in [0, 0.1) is 0 Å². The molecule has 0 aromatic rings. The zero-order valence-corrected chi connectivity index (χ0v) is 4.20. The Kier molecular flexibility index (Phi) is 2.55. The Morgan fingerprint density at radius 2 is 2.29 bits per heavy atom. The van der Waals surface area contributed by atoms with Gasteiger partial charge in [-0.2, -0.15) is 0 Å². The van der Waals surface area contributed by atoms with Gasteiger partial charge in [-0.15, -0.1) is 0 Å². The fraction of sp³-hybridized carbons (Fsp3) is 0.750. The Labute approximate surface area is 42.1 Å². The molecular formula is C4H10NO2+. The van der Waals surface area contributed by atoms with Crippen molar-refractivity contribution < 1.29 is 9.90 Å². The van der Waals surface area contributed by atoms with Gasteiger partial charge in [-0.1, -0.05) is 0 Å². The van der Waals surface area contributed by atoms with Crippen molar-refractivity contribution in [3.05, 3.63) is 0 Å². The monoisotopic (exact) mass is 104 g/mol. The molecule has 0 bridgehead atoms. The normalized spacial score (nSPS) is 18.1. The summed E-state index contributed by atoms with van der Waals surface area (Å²) in [4.78, 5) is 8.10. The van der Waals surface area contributed by atoms with Crippen LogP contribution in [0.4, 0.5) is 0 Å². The summed E-state index contributed by atoms with van der Waals surface area (Å²) in [5.74, 6) is 0. The second kappa shape index (κ2) is 2.71. The molecule has 0 spiro atoms. The SMILES string of the molecule is C[C@@H](O)[C@@H](N)C=[OH+]. The van der Waals surface area contributed by atoms with Crippen molar-refractivity contribution in [2.24, 2.45) is 5.73 Å². The van der Waals surface area contributed by atoms with Gasteiger partial charge in [0.2, 0.25) is 0 Å². The van der Waals surface area contributed by atoms with Crippen LogP contribution in [0.15, 0.2) is 0 Å². The second-order valence-corrected chi connectivity index (χ2v) is 1.47. The van der Waals surface area contributed by atoms with E-state index >= 15 is 0 Å². The van der Waals surface area contributed by atoms with Crippen molar-refractivity contribution in [1.82, 2.24) is 0 Å². The number of aliphatic hydroxyl groups excluding tert-OH is 1. The van der Waals surface area contributed by atoms with Gasteiger partial charge in [-0.25, -0.2) is 0 Å². The number of hydrogen-bond donors (Lipinski definition) is 2. The zero-order valence-electron chi connectivity index (χ0n) is 4.20. The Morgan fingerprint density at radius 3 is 2.29 bits per heavy atom. The van der Waals surface area contributed by atoms with Crippen LogP contribution < -0.4 is 5.73 Å². The summed E-state index contributed by atoms with van der Waals surface area (Å²) in [6.45, 7) is 1.51. The predicted octanol–water partition coefficient (Wildman–Crippen LogP) is -1.13. The van der Waals surface area contributed by atoms with E-state index in [1.54, 1.807) is 0 Å². The maximum absolute atomic E-state index is 8.50. The highest BCUT2D eigenvalue weighted by Gasteiger charge is 2.08. The van der Waals surface area contributed by atoms with E-state index in [-0.39, 0.29) is 0 Å². The third-order valence-electron chi connectivity index (χ3n) is 0.729. The molecule has 0 aliphatic heterocycles. The molecular weight excluding hydrogens is 94.0 g/mol. The molecule has 0 radical (unpaired) electrons. The standard InChI is InChI=1S/C4H9NO2/c1-3(7)4(5)2-6/h2-4,7H,5H2,1H3/p+1/t3-,4+/m1/s1. The molecule has 3 heteroatoms.